The van der Waals surface area contributed by atoms with Crippen molar-refractivity contribution in [1.29, 1.82) is 0 Å². The molecule has 1 unspecified atom stereocenters. The summed E-state index contributed by atoms with van der Waals surface area (Å²) in [6.07, 6.45) is 4.31. The zero-order valence-electron chi connectivity index (χ0n) is 17.1. The van der Waals surface area contributed by atoms with E-state index in [0.717, 1.165) is 37.6 Å². The van der Waals surface area contributed by atoms with Gasteiger partial charge in [-0.1, -0.05) is 42.5 Å². The van der Waals surface area contributed by atoms with Gasteiger partial charge >= 0.3 is 0 Å². The van der Waals surface area contributed by atoms with E-state index < -0.39 is 0 Å². The molecule has 0 saturated carbocycles. The van der Waals surface area contributed by atoms with Crippen molar-refractivity contribution in [2.45, 2.75) is 38.6 Å². The van der Waals surface area contributed by atoms with Crippen LogP contribution in [0, 0.1) is 5.92 Å². The third-order valence-electron chi connectivity index (χ3n) is 5.82. The van der Waals surface area contributed by atoms with Crippen LogP contribution in [0.1, 0.15) is 30.9 Å². The van der Waals surface area contributed by atoms with Gasteiger partial charge in [-0.2, -0.15) is 0 Å². The molecule has 0 aromatic heterocycles. The zero-order chi connectivity index (χ0) is 19.8. The molecule has 1 N–H and O–H groups in total. The fraction of sp³-hybridized carbons (Fsp3) is 0.458. The normalized spacial score (nSPS) is 16.5. The molecule has 4 heteroatoms. The number of ether oxygens (including phenoxy) is 1. The second kappa shape index (κ2) is 10.3. The van der Waals surface area contributed by atoms with E-state index in [0.29, 0.717) is 6.54 Å². The summed E-state index contributed by atoms with van der Waals surface area (Å²) in [5.74, 6) is 1.72. The molecule has 1 atom stereocenters. The van der Waals surface area contributed by atoms with Gasteiger partial charge in [-0.25, -0.2) is 0 Å². The largest absolute Gasteiger partial charge is 0.497 e. The van der Waals surface area contributed by atoms with Crippen molar-refractivity contribution in [2.24, 2.45) is 5.92 Å². The lowest BCUT2D eigenvalue weighted by molar-refractivity contribution is -0.126. The lowest BCUT2D eigenvalue weighted by Gasteiger charge is -2.35. The highest BCUT2D eigenvalue weighted by atomic mass is 16.5. The number of piperidine rings is 1. The van der Waals surface area contributed by atoms with Gasteiger partial charge in [0, 0.05) is 6.54 Å². The van der Waals surface area contributed by atoms with Gasteiger partial charge in [-0.15, -0.1) is 0 Å². The van der Waals surface area contributed by atoms with Gasteiger partial charge in [-0.05, 0) is 74.9 Å². The number of likely N-dealkylation sites (tertiary alicyclic amines) is 1. The lowest BCUT2D eigenvalue weighted by atomic mass is 9.89. The molecule has 1 heterocycles. The molecule has 0 radical (unpaired) electrons. The van der Waals surface area contributed by atoms with Crippen molar-refractivity contribution in [3.63, 3.8) is 0 Å². The van der Waals surface area contributed by atoms with Crippen molar-refractivity contribution in [3.05, 3.63) is 65.7 Å². The number of carbonyl (C=O) groups is 1. The summed E-state index contributed by atoms with van der Waals surface area (Å²) >= 11 is 0. The first-order valence-corrected chi connectivity index (χ1v) is 10.3. The third-order valence-corrected chi connectivity index (χ3v) is 5.82. The topological polar surface area (TPSA) is 41.6 Å². The first-order valence-electron chi connectivity index (χ1n) is 10.3. The molecule has 4 nitrogen and oxygen atoms in total. The minimum absolute atomic E-state index is 0.0615. The summed E-state index contributed by atoms with van der Waals surface area (Å²) in [6.45, 7) is 4.70. The molecule has 0 spiro atoms. The van der Waals surface area contributed by atoms with Gasteiger partial charge in [0.2, 0.25) is 5.91 Å². The average Bonchev–Trinajstić information content (AvgIpc) is 2.75. The number of nitrogens with one attached hydrogen (secondary N) is 1. The molecule has 1 aliphatic rings. The number of hydrogen-bond acceptors (Lipinski definition) is 3. The van der Waals surface area contributed by atoms with Crippen LogP contribution in [0.3, 0.4) is 0 Å². The number of benzene rings is 2. The Balaban J connectivity index is 1.37. The van der Waals surface area contributed by atoms with Crippen molar-refractivity contribution in [3.8, 4) is 5.75 Å². The zero-order valence-corrected chi connectivity index (χ0v) is 17.1. The second-order valence-electron chi connectivity index (χ2n) is 7.73. The Kier molecular flexibility index (Phi) is 7.49. The van der Waals surface area contributed by atoms with E-state index in [4.69, 9.17) is 4.74 Å². The number of amides is 1. The van der Waals surface area contributed by atoms with E-state index in [-0.39, 0.29) is 11.9 Å². The van der Waals surface area contributed by atoms with E-state index in [9.17, 15) is 4.79 Å². The standard InChI is InChI=1S/C24H32N2O2/c1-19(24(27)25-15-12-20-8-10-23(28-2)11-9-20)26-16-13-22(14-17-26)18-21-6-4-3-5-7-21/h3-11,19,22H,12-18H2,1-2H3,(H,25,27). The molecule has 1 fully saturated rings. The smallest absolute Gasteiger partial charge is 0.237 e. The Bertz CT molecular complexity index is 722. The summed E-state index contributed by atoms with van der Waals surface area (Å²) in [5, 5.41) is 3.10. The van der Waals surface area contributed by atoms with Gasteiger partial charge in [0.05, 0.1) is 13.2 Å². The minimum atomic E-state index is -0.0615. The van der Waals surface area contributed by atoms with E-state index in [1.165, 1.54) is 24.0 Å². The number of nitrogens with zero attached hydrogens (tertiary/aromatic N) is 1. The van der Waals surface area contributed by atoms with Crippen LogP contribution in [0.5, 0.6) is 5.75 Å². The second-order valence-corrected chi connectivity index (χ2v) is 7.73. The quantitative estimate of drug-likeness (QED) is 0.759. The monoisotopic (exact) mass is 380 g/mol. The van der Waals surface area contributed by atoms with Gasteiger partial charge in [0.25, 0.3) is 0 Å². The van der Waals surface area contributed by atoms with Crippen LogP contribution in [0.15, 0.2) is 54.6 Å². The molecule has 28 heavy (non-hydrogen) atoms. The van der Waals surface area contributed by atoms with E-state index in [1.54, 1.807) is 7.11 Å². The maximum atomic E-state index is 12.5. The van der Waals surface area contributed by atoms with Crippen LogP contribution in [-0.4, -0.2) is 43.6 Å². The maximum Gasteiger partial charge on any atom is 0.237 e. The van der Waals surface area contributed by atoms with Crippen molar-refractivity contribution < 1.29 is 9.53 Å². The van der Waals surface area contributed by atoms with Crippen molar-refractivity contribution in [1.82, 2.24) is 10.2 Å². The molecule has 0 aliphatic carbocycles. The summed E-state index contributed by atoms with van der Waals surface area (Å²) in [5.41, 5.74) is 2.63. The van der Waals surface area contributed by atoms with E-state index in [2.05, 4.69) is 40.5 Å². The SMILES string of the molecule is COc1ccc(CCNC(=O)C(C)N2CCC(Cc3ccccc3)CC2)cc1. The molecular formula is C24H32N2O2. The molecule has 150 valence electrons. The lowest BCUT2D eigenvalue weighted by Crippen LogP contribution is -2.48. The number of methoxy groups -OCH3 is 1. The highest BCUT2D eigenvalue weighted by Crippen LogP contribution is 2.23. The Hall–Kier alpha value is -2.33. The maximum absolute atomic E-state index is 12.5. The fourth-order valence-electron chi connectivity index (χ4n) is 3.93. The predicted octanol–water partition coefficient (Wildman–Crippen LogP) is 3.70. The van der Waals surface area contributed by atoms with Crippen molar-refractivity contribution >= 4 is 5.91 Å². The molecule has 0 bridgehead atoms. The highest BCUT2D eigenvalue weighted by Gasteiger charge is 2.26. The minimum Gasteiger partial charge on any atom is -0.497 e. The summed E-state index contributed by atoms with van der Waals surface area (Å²) < 4.78 is 5.18. The average molecular weight is 381 g/mol. The number of rotatable bonds is 8. The predicted molar refractivity (Wildman–Crippen MR) is 114 cm³/mol. The van der Waals surface area contributed by atoms with E-state index >= 15 is 0 Å². The highest BCUT2D eigenvalue weighted by molar-refractivity contribution is 5.81. The van der Waals surface area contributed by atoms with Crippen LogP contribution in [0.2, 0.25) is 0 Å². The van der Waals surface area contributed by atoms with Gasteiger partial charge < -0.3 is 10.1 Å². The molecule has 3 rings (SSSR count). The molecule has 2 aromatic carbocycles. The third kappa shape index (κ3) is 5.83. The summed E-state index contributed by atoms with van der Waals surface area (Å²) in [4.78, 5) is 14.9. The molecular weight excluding hydrogens is 348 g/mol. The van der Waals surface area contributed by atoms with Gasteiger partial charge in [0.1, 0.15) is 5.75 Å². The molecule has 1 saturated heterocycles. The summed E-state index contributed by atoms with van der Waals surface area (Å²) in [6, 6.07) is 18.7. The number of hydrogen-bond donors (Lipinski definition) is 1. The summed E-state index contributed by atoms with van der Waals surface area (Å²) in [7, 11) is 1.67. The van der Waals surface area contributed by atoms with E-state index in [1.807, 2.05) is 31.2 Å². The first kappa shape index (κ1) is 20.4. The van der Waals surface area contributed by atoms with Crippen LogP contribution < -0.4 is 10.1 Å². The molecule has 2 aromatic rings. The fourth-order valence-corrected chi connectivity index (χ4v) is 3.93. The van der Waals surface area contributed by atoms with Gasteiger partial charge in [0.15, 0.2) is 0 Å². The van der Waals surface area contributed by atoms with Crippen LogP contribution >= 0.6 is 0 Å². The van der Waals surface area contributed by atoms with Crippen molar-refractivity contribution in [2.75, 3.05) is 26.7 Å². The van der Waals surface area contributed by atoms with Crippen LogP contribution in [0.25, 0.3) is 0 Å². The van der Waals surface area contributed by atoms with Crippen LogP contribution in [-0.2, 0) is 17.6 Å². The Labute approximate surface area is 168 Å². The Morgan fingerprint density at radius 3 is 2.39 bits per heavy atom. The Morgan fingerprint density at radius 1 is 1.07 bits per heavy atom. The molecule has 1 amide bonds. The molecule has 1 aliphatic heterocycles. The first-order chi connectivity index (χ1) is 13.7. The Morgan fingerprint density at radius 2 is 1.75 bits per heavy atom. The van der Waals surface area contributed by atoms with Gasteiger partial charge in [-0.3, -0.25) is 9.69 Å². The number of carbonyl (C=O) groups excluding carboxylic acids is 1. The van der Waals surface area contributed by atoms with Crippen LogP contribution in [0.4, 0.5) is 0 Å².